The van der Waals surface area contributed by atoms with E-state index in [0.29, 0.717) is 91.4 Å². The van der Waals surface area contributed by atoms with Crippen LogP contribution >= 0.6 is 77.0 Å². The highest BCUT2D eigenvalue weighted by Crippen LogP contribution is 2.40. The van der Waals surface area contributed by atoms with Crippen molar-refractivity contribution in [1.82, 2.24) is 59.8 Å². The summed E-state index contributed by atoms with van der Waals surface area (Å²) in [6.45, 7) is 4.07. The molecule has 0 saturated heterocycles. The van der Waals surface area contributed by atoms with Crippen LogP contribution in [0.3, 0.4) is 0 Å². The Hall–Kier alpha value is -12.6. The van der Waals surface area contributed by atoms with Gasteiger partial charge in [-0.3, -0.25) is 0 Å². The number of benzene rings is 12. The normalized spacial score (nSPS) is 10.8. The molecule has 16 rings (SSSR count). The molecule has 0 amide bonds. The minimum atomic E-state index is -0.579. The Kier molecular flexibility index (Phi) is 25.3. The average molecular weight is 1870 g/mol. The summed E-state index contributed by atoms with van der Waals surface area (Å²) in [5.74, 6) is 2.55. The summed E-state index contributed by atoms with van der Waals surface area (Å²) < 4.78 is 30.9. The highest BCUT2D eigenvalue weighted by Gasteiger charge is 2.23. The van der Waals surface area contributed by atoms with Crippen LogP contribution in [0.5, 0.6) is 46.0 Å². The maximum Gasteiger partial charge on any atom is 0.167 e. The van der Waals surface area contributed by atoms with E-state index in [1.807, 2.05) is 159 Å². The quantitative estimate of drug-likeness (QED) is 0.0469. The van der Waals surface area contributed by atoms with E-state index in [4.69, 9.17) is 0 Å². The van der Waals surface area contributed by atoms with Crippen LogP contribution in [0.1, 0.15) is 25.0 Å². The topological polar surface area (TPSA) is 317 Å². The summed E-state index contributed by atoms with van der Waals surface area (Å²) in [5.41, 5.74) is 8.26. The smallest absolute Gasteiger partial charge is 0.167 e. The van der Waals surface area contributed by atoms with Crippen LogP contribution in [-0.4, -0.2) is 101 Å². The summed E-state index contributed by atoms with van der Waals surface area (Å²) in [6.07, 6.45) is 1.65. The van der Waals surface area contributed by atoms with Crippen LogP contribution in [0.25, 0.3) is 137 Å². The van der Waals surface area contributed by atoms with E-state index in [1.165, 1.54) is 12.1 Å². The minimum absolute atomic E-state index is 0.00971. The number of aryl methyl sites for hydroxylation is 2. The van der Waals surface area contributed by atoms with Crippen molar-refractivity contribution in [1.29, 1.82) is 0 Å². The third-order valence-electron chi connectivity index (χ3n) is 17.3. The number of hydrogen-bond donors (Lipinski definition) is 8. The minimum Gasteiger partial charge on any atom is -0.507 e. The van der Waals surface area contributed by atoms with Crippen LogP contribution in [-0.2, 0) is 12.8 Å². The summed E-state index contributed by atoms with van der Waals surface area (Å²) in [7, 11) is 0. The highest BCUT2D eigenvalue weighted by molar-refractivity contribution is 14.1. The Morgan fingerprint density at radius 3 is 0.728 bits per heavy atom. The van der Waals surface area contributed by atoms with Crippen molar-refractivity contribution < 1.29 is 49.6 Å². The lowest BCUT2D eigenvalue weighted by Gasteiger charge is -2.11. The maximum absolute atomic E-state index is 13.7. The van der Waals surface area contributed by atoms with Gasteiger partial charge in [0.25, 0.3) is 0 Å². The Morgan fingerprint density at radius 2 is 0.465 bits per heavy atom. The third-order valence-corrected chi connectivity index (χ3v) is 19.6. The Bertz CT molecular complexity index is 5480. The van der Waals surface area contributed by atoms with Crippen molar-refractivity contribution in [2.45, 2.75) is 26.7 Å². The number of halogens is 6. The molecule has 8 N–H and O–H groups in total. The van der Waals surface area contributed by atoms with E-state index in [-0.39, 0.29) is 74.6 Å². The predicted molar refractivity (Wildman–Crippen MR) is 457 cm³/mol. The number of phenols is 8. The van der Waals surface area contributed by atoms with Gasteiger partial charge in [-0.05, 0) is 203 Å². The molecule has 0 fully saturated rings. The second kappa shape index (κ2) is 36.2. The zero-order valence-corrected chi connectivity index (χ0v) is 67.5. The van der Waals surface area contributed by atoms with Crippen molar-refractivity contribution >= 4 is 77.0 Å². The number of rotatable bonds is 14. The number of aromatic hydroxyl groups is 8. The van der Waals surface area contributed by atoms with Crippen LogP contribution in [0, 0.1) is 18.8 Å². The maximum atomic E-state index is 13.7. The first-order chi connectivity index (χ1) is 55.1. The van der Waals surface area contributed by atoms with Gasteiger partial charge in [0.2, 0.25) is 0 Å². The molecule has 0 bridgehead atoms. The molecule has 0 aliphatic rings. The van der Waals surface area contributed by atoms with E-state index in [9.17, 15) is 49.6 Å². The molecule has 26 heteroatoms. The molecule has 564 valence electrons. The van der Waals surface area contributed by atoms with Crippen LogP contribution in [0.4, 0.5) is 8.78 Å². The third kappa shape index (κ3) is 19.3. The molecule has 0 spiro atoms. The second-order valence-corrected chi connectivity index (χ2v) is 29.4. The molecule has 0 radical (unpaired) electrons. The Morgan fingerprint density at radius 1 is 0.237 bits per heavy atom. The molecule has 0 aliphatic heterocycles. The summed E-state index contributed by atoms with van der Waals surface area (Å²) in [4.78, 5) is 54.1. The largest absolute Gasteiger partial charge is 0.507 e. The predicted octanol–water partition coefficient (Wildman–Crippen LogP) is 21.3. The monoisotopic (exact) mass is 1860 g/mol. The SMILES string of the molecule is CCc1ccc(-c2nc(-c3ccccc3)nc(-c3ccc(CC)cc3O)n2)c(O)c1.Oc1ccc(Br)cc1-c1nc(-c2ccccc2)nc(-c2cc(Br)ccc2O)n1.Oc1ccc(F)cc1-c1nc(-c2ccccc2)nc(-c2cc(F)ccc2O)n1.Oc1ccc(I)cc1-c1nc(-c2ccccc2)nc(-c2cc(I)ccc2O)n1. The molecule has 4 heterocycles. The summed E-state index contributed by atoms with van der Waals surface area (Å²) in [6, 6.07) is 75.9. The molecule has 4 aromatic heterocycles. The van der Waals surface area contributed by atoms with Crippen LogP contribution in [0.15, 0.2) is 276 Å². The standard InChI is InChI=1S/C25H23N3O2.C21H13Br2N3O2.C21H13F2N3O2.C21H13I2N3O2/c1-3-16-10-12-19(21(29)14-16)24-26-23(18-8-6-5-7-9-18)27-25(28-24)20-13-11-17(4-2)15-22(20)30;3*22-13-6-8-17(27)15(10-13)20-24-19(12-4-2-1-3-5-12)25-21(26-20)16-11-14(23)7-9-18(16)28/h5-15,29-30H,3-4H2,1-2H3;3*1-11,27-28H. The van der Waals surface area contributed by atoms with Gasteiger partial charge in [-0.25, -0.2) is 68.6 Å². The van der Waals surface area contributed by atoms with E-state index in [2.05, 4.69) is 137 Å². The molecule has 0 aliphatic carbocycles. The zero-order valence-electron chi connectivity index (χ0n) is 60.0. The van der Waals surface area contributed by atoms with E-state index in [1.54, 1.807) is 84.9 Å². The van der Waals surface area contributed by atoms with E-state index >= 15 is 0 Å². The molecule has 114 heavy (non-hydrogen) atoms. The Labute approximate surface area is 695 Å². The van der Waals surface area contributed by atoms with Crippen LogP contribution in [0.2, 0.25) is 0 Å². The summed E-state index contributed by atoms with van der Waals surface area (Å²) in [5, 5.41) is 82.8. The first-order valence-electron chi connectivity index (χ1n) is 35.0. The summed E-state index contributed by atoms with van der Waals surface area (Å²) >= 11 is 11.2. The lowest BCUT2D eigenvalue weighted by atomic mass is 10.1. The number of nitrogens with zero attached hydrogens (tertiary/aromatic N) is 12. The molecule has 0 unspecified atom stereocenters. The van der Waals surface area contributed by atoms with Crippen molar-refractivity contribution in [2.24, 2.45) is 0 Å². The highest BCUT2D eigenvalue weighted by atomic mass is 127. The number of aromatic nitrogens is 12. The van der Waals surface area contributed by atoms with E-state index < -0.39 is 11.6 Å². The van der Waals surface area contributed by atoms with Gasteiger partial charge < -0.3 is 40.9 Å². The van der Waals surface area contributed by atoms with Gasteiger partial charge in [-0.1, -0.05) is 179 Å². The second-order valence-electron chi connectivity index (χ2n) is 25.1. The fourth-order valence-corrected chi connectivity index (χ4v) is 13.1. The molecule has 16 aromatic rings. The van der Waals surface area contributed by atoms with Crippen LogP contribution < -0.4 is 0 Å². The average Bonchev–Trinajstić information content (AvgIpc) is 0.801. The molecular weight excluding hydrogens is 1800 g/mol. The van der Waals surface area contributed by atoms with Gasteiger partial charge in [0.1, 0.15) is 57.6 Å². The first-order valence-corrected chi connectivity index (χ1v) is 38.7. The molecule has 20 nitrogen and oxygen atoms in total. The zero-order chi connectivity index (χ0) is 80.1. The number of phenolic OH excluding ortho intramolecular Hbond substituents is 8. The van der Waals surface area contributed by atoms with Gasteiger partial charge in [-0.15, -0.1) is 0 Å². The fourth-order valence-electron chi connectivity index (χ4n) is 11.4. The number of hydrogen-bond acceptors (Lipinski definition) is 20. The fraction of sp³-hybridized carbons (Fsp3) is 0.0455. The van der Waals surface area contributed by atoms with Crippen molar-refractivity contribution in [3.8, 4) is 183 Å². The van der Waals surface area contributed by atoms with Gasteiger partial charge >= 0.3 is 0 Å². The van der Waals surface area contributed by atoms with Gasteiger partial charge in [-0.2, -0.15) is 0 Å². The van der Waals surface area contributed by atoms with Crippen molar-refractivity contribution in [3.05, 3.63) is 306 Å². The molecule has 0 saturated carbocycles. The Balaban J connectivity index is 0.000000133. The lowest BCUT2D eigenvalue weighted by Crippen LogP contribution is -2.01. The molecule has 0 atom stereocenters. The molecule has 12 aromatic carbocycles. The molecular formula is C88H62Br2F2I2N12O8. The van der Waals surface area contributed by atoms with E-state index in [0.717, 1.165) is 81.0 Å². The first kappa shape index (κ1) is 79.4. The lowest BCUT2D eigenvalue weighted by molar-refractivity contribution is 0.474. The van der Waals surface area contributed by atoms with Gasteiger partial charge in [0, 0.05) is 38.3 Å². The van der Waals surface area contributed by atoms with Crippen molar-refractivity contribution in [3.63, 3.8) is 0 Å². The van der Waals surface area contributed by atoms with Crippen molar-refractivity contribution in [2.75, 3.05) is 0 Å². The van der Waals surface area contributed by atoms with Gasteiger partial charge in [0.05, 0.1) is 44.5 Å². The van der Waals surface area contributed by atoms with Gasteiger partial charge in [0.15, 0.2) is 69.9 Å².